The second-order valence-electron chi connectivity index (χ2n) is 7.86. The van der Waals surface area contributed by atoms with Gasteiger partial charge >= 0.3 is 0 Å². The Labute approximate surface area is 169 Å². The lowest BCUT2D eigenvalue weighted by Crippen LogP contribution is -2.41. The van der Waals surface area contributed by atoms with E-state index in [4.69, 9.17) is 15.0 Å². The maximum absolute atomic E-state index is 11.8. The van der Waals surface area contributed by atoms with E-state index in [1.54, 1.807) is 6.07 Å². The number of nitrogens with one attached hydrogen (secondary N) is 1. The number of carbonyl (C=O) groups is 2. The standard InChI is InChI=1S/C13H24N2O2.C7H8N2O2.2H2/c16-13(14-12-4-2-1-3-5-12)6-7-15-8-10-17-11-9-15;8-7(10)5-3-6(11-9-5)4-1-2-4;;/h12H,1-11H2,(H,14,16);3-4H,1-2H2,(H2,8,10);2*1H. The van der Waals surface area contributed by atoms with Crippen molar-refractivity contribution < 1.29 is 21.7 Å². The molecule has 1 saturated heterocycles. The number of hydrogen-bond acceptors (Lipinski definition) is 6. The minimum atomic E-state index is -0.527. The summed E-state index contributed by atoms with van der Waals surface area (Å²) in [6.45, 7) is 4.43. The van der Waals surface area contributed by atoms with Crippen molar-refractivity contribution in [2.75, 3.05) is 32.8 Å². The first kappa shape index (κ1) is 20.8. The van der Waals surface area contributed by atoms with Gasteiger partial charge in [-0.25, -0.2) is 0 Å². The summed E-state index contributed by atoms with van der Waals surface area (Å²) in [5.41, 5.74) is 5.21. The lowest BCUT2D eigenvalue weighted by atomic mass is 9.95. The molecule has 1 aromatic rings. The zero-order valence-corrected chi connectivity index (χ0v) is 16.5. The Hall–Kier alpha value is -1.93. The van der Waals surface area contributed by atoms with Crippen molar-refractivity contribution in [3.63, 3.8) is 0 Å². The van der Waals surface area contributed by atoms with Gasteiger partial charge in [0.1, 0.15) is 5.76 Å². The highest BCUT2D eigenvalue weighted by Crippen LogP contribution is 2.40. The van der Waals surface area contributed by atoms with E-state index in [0.29, 0.717) is 18.4 Å². The van der Waals surface area contributed by atoms with Gasteiger partial charge in [-0.3, -0.25) is 14.5 Å². The molecule has 2 aliphatic carbocycles. The zero-order chi connectivity index (χ0) is 19.8. The monoisotopic (exact) mass is 396 g/mol. The Morgan fingerprint density at radius 2 is 1.89 bits per heavy atom. The summed E-state index contributed by atoms with van der Waals surface area (Å²) in [7, 11) is 0. The summed E-state index contributed by atoms with van der Waals surface area (Å²) in [5.74, 6) is 0.971. The Balaban J connectivity index is 0.000000302. The van der Waals surface area contributed by atoms with Crippen LogP contribution < -0.4 is 11.1 Å². The number of aromatic nitrogens is 1. The normalized spacial score (nSPS) is 20.9. The topological polar surface area (TPSA) is 111 Å². The molecule has 0 aromatic carbocycles. The van der Waals surface area contributed by atoms with E-state index in [2.05, 4.69) is 15.4 Å². The van der Waals surface area contributed by atoms with Crippen LogP contribution in [0.5, 0.6) is 0 Å². The number of amides is 2. The molecule has 8 heteroatoms. The molecule has 0 spiro atoms. The van der Waals surface area contributed by atoms with E-state index in [9.17, 15) is 9.59 Å². The van der Waals surface area contributed by atoms with Gasteiger partial charge in [0.25, 0.3) is 5.91 Å². The van der Waals surface area contributed by atoms with Crippen molar-refractivity contribution in [3.8, 4) is 0 Å². The third kappa shape index (κ3) is 6.91. The number of primary amides is 1. The van der Waals surface area contributed by atoms with Crippen molar-refractivity contribution in [1.82, 2.24) is 15.4 Å². The van der Waals surface area contributed by atoms with Crippen molar-refractivity contribution in [2.24, 2.45) is 5.73 Å². The van der Waals surface area contributed by atoms with Crippen LogP contribution in [0, 0.1) is 0 Å². The van der Waals surface area contributed by atoms with Crippen molar-refractivity contribution >= 4 is 11.8 Å². The second-order valence-corrected chi connectivity index (χ2v) is 7.86. The largest absolute Gasteiger partial charge is 0.379 e. The van der Waals surface area contributed by atoms with Crippen molar-refractivity contribution in [1.29, 1.82) is 0 Å². The van der Waals surface area contributed by atoms with Crippen LogP contribution in [0.2, 0.25) is 0 Å². The van der Waals surface area contributed by atoms with E-state index in [0.717, 1.165) is 51.4 Å². The van der Waals surface area contributed by atoms with E-state index in [-0.39, 0.29) is 14.5 Å². The second kappa shape index (κ2) is 10.6. The Morgan fingerprint density at radius 1 is 1.18 bits per heavy atom. The molecule has 0 bridgehead atoms. The maximum atomic E-state index is 11.8. The first-order chi connectivity index (χ1) is 13.6. The van der Waals surface area contributed by atoms with E-state index < -0.39 is 5.91 Å². The molecule has 160 valence electrons. The van der Waals surface area contributed by atoms with Crippen molar-refractivity contribution in [3.05, 3.63) is 17.5 Å². The number of ether oxygens (including phenoxy) is 1. The van der Waals surface area contributed by atoms with Crippen LogP contribution in [-0.4, -0.2) is 60.8 Å². The van der Waals surface area contributed by atoms with Gasteiger partial charge in [-0.05, 0) is 25.7 Å². The highest BCUT2D eigenvalue weighted by molar-refractivity contribution is 5.90. The lowest BCUT2D eigenvalue weighted by Gasteiger charge is -2.27. The number of nitrogens with zero attached hydrogens (tertiary/aromatic N) is 2. The molecule has 3 fully saturated rings. The van der Waals surface area contributed by atoms with E-state index in [1.807, 2.05) is 0 Å². The summed E-state index contributed by atoms with van der Waals surface area (Å²) in [5, 5.41) is 6.69. The van der Waals surface area contributed by atoms with Gasteiger partial charge < -0.3 is 20.3 Å². The summed E-state index contributed by atoms with van der Waals surface area (Å²) in [6, 6.07) is 2.07. The molecule has 8 nitrogen and oxygen atoms in total. The molecule has 4 rings (SSSR count). The van der Waals surface area contributed by atoms with Gasteiger partial charge in [-0.2, -0.15) is 0 Å². The first-order valence-electron chi connectivity index (χ1n) is 10.5. The molecule has 0 unspecified atom stereocenters. The fraction of sp³-hybridized carbons (Fsp3) is 0.750. The Kier molecular flexibility index (Phi) is 7.85. The quantitative estimate of drug-likeness (QED) is 0.763. The fourth-order valence-electron chi connectivity index (χ4n) is 3.60. The maximum Gasteiger partial charge on any atom is 0.270 e. The number of carbonyl (C=O) groups excluding carboxylic acids is 2. The summed E-state index contributed by atoms with van der Waals surface area (Å²) >= 11 is 0. The smallest absolute Gasteiger partial charge is 0.270 e. The average molecular weight is 397 g/mol. The molecule has 0 radical (unpaired) electrons. The van der Waals surface area contributed by atoms with Crippen LogP contribution >= 0.6 is 0 Å². The zero-order valence-electron chi connectivity index (χ0n) is 16.5. The molecule has 3 aliphatic rings. The molecule has 3 N–H and O–H groups in total. The predicted octanol–water partition coefficient (Wildman–Crippen LogP) is 2.30. The van der Waals surface area contributed by atoms with Crippen LogP contribution in [0.15, 0.2) is 10.6 Å². The number of morpholine rings is 1. The first-order valence-corrected chi connectivity index (χ1v) is 10.5. The fourth-order valence-corrected chi connectivity index (χ4v) is 3.60. The van der Waals surface area contributed by atoms with Gasteiger partial charge in [0, 0.05) is 46.9 Å². The van der Waals surface area contributed by atoms with Gasteiger partial charge in [-0.1, -0.05) is 24.4 Å². The molecule has 28 heavy (non-hydrogen) atoms. The van der Waals surface area contributed by atoms with Crippen LogP contribution in [0.4, 0.5) is 0 Å². The van der Waals surface area contributed by atoms with Crippen LogP contribution in [0.25, 0.3) is 0 Å². The van der Waals surface area contributed by atoms with Gasteiger partial charge in [0.05, 0.1) is 13.2 Å². The number of hydrogen-bond donors (Lipinski definition) is 2. The third-order valence-corrected chi connectivity index (χ3v) is 5.49. The lowest BCUT2D eigenvalue weighted by molar-refractivity contribution is -0.122. The predicted molar refractivity (Wildman–Crippen MR) is 108 cm³/mol. The molecular weight excluding hydrogens is 360 g/mol. The molecule has 0 atom stereocenters. The third-order valence-electron chi connectivity index (χ3n) is 5.49. The molecule has 2 amide bonds. The molecular formula is C20H36N4O4. The van der Waals surface area contributed by atoms with Gasteiger partial charge in [0.2, 0.25) is 5.91 Å². The molecule has 1 aliphatic heterocycles. The summed E-state index contributed by atoms with van der Waals surface area (Å²) in [6.07, 6.45) is 9.12. The summed E-state index contributed by atoms with van der Waals surface area (Å²) in [4.78, 5) is 24.7. The molecule has 2 heterocycles. The highest BCUT2D eigenvalue weighted by Gasteiger charge is 2.28. The molecule has 2 saturated carbocycles. The van der Waals surface area contributed by atoms with Gasteiger partial charge in [-0.15, -0.1) is 0 Å². The Bertz CT molecular complexity index is 643. The minimum absolute atomic E-state index is 0. The summed E-state index contributed by atoms with van der Waals surface area (Å²) < 4.78 is 10.2. The van der Waals surface area contributed by atoms with E-state index >= 15 is 0 Å². The van der Waals surface area contributed by atoms with Crippen molar-refractivity contribution in [2.45, 2.75) is 63.3 Å². The van der Waals surface area contributed by atoms with Crippen LogP contribution in [0.3, 0.4) is 0 Å². The Morgan fingerprint density at radius 3 is 2.50 bits per heavy atom. The van der Waals surface area contributed by atoms with E-state index in [1.165, 1.54) is 32.1 Å². The number of rotatable bonds is 6. The molecule has 1 aromatic heterocycles. The van der Waals surface area contributed by atoms with Crippen LogP contribution in [-0.2, 0) is 9.53 Å². The average Bonchev–Trinajstić information content (AvgIpc) is 3.44. The van der Waals surface area contributed by atoms with Gasteiger partial charge in [0.15, 0.2) is 5.69 Å². The van der Waals surface area contributed by atoms with Crippen LogP contribution in [0.1, 0.15) is 76.4 Å². The SMILES string of the molecule is NC(=O)c1cc(C2CC2)on1.O=C(CCN1CCOCC1)NC1CCCCC1.[HH].[HH]. The minimum Gasteiger partial charge on any atom is -0.379 e. The highest BCUT2D eigenvalue weighted by atomic mass is 16.5. The number of nitrogens with two attached hydrogens (primary N) is 1.